The normalized spacial score (nSPS) is 11.2. The molecule has 0 aliphatic rings. The van der Waals surface area contributed by atoms with Crippen molar-refractivity contribution in [3.8, 4) is 5.69 Å². The Balaban J connectivity index is 1.57. The molecule has 3 heterocycles. The van der Waals surface area contributed by atoms with Crippen LogP contribution in [0, 0.1) is 6.92 Å². The molecule has 0 saturated carbocycles. The van der Waals surface area contributed by atoms with Crippen LogP contribution in [-0.4, -0.2) is 29.1 Å². The first-order chi connectivity index (χ1) is 13.5. The summed E-state index contributed by atoms with van der Waals surface area (Å²) in [6.45, 7) is 4.42. The topological polar surface area (TPSA) is 92.9 Å². The van der Waals surface area contributed by atoms with Gasteiger partial charge < -0.3 is 14.9 Å². The Morgan fingerprint density at radius 1 is 1.29 bits per heavy atom. The molecule has 4 rings (SSSR count). The number of aromatic amines is 1. The van der Waals surface area contributed by atoms with Crippen LogP contribution in [0.3, 0.4) is 0 Å². The summed E-state index contributed by atoms with van der Waals surface area (Å²) in [6.07, 6.45) is 5.44. The lowest BCUT2D eigenvalue weighted by atomic mass is 10.2. The van der Waals surface area contributed by atoms with Crippen LogP contribution in [0.1, 0.15) is 30.3 Å². The van der Waals surface area contributed by atoms with Crippen LogP contribution >= 0.6 is 11.6 Å². The first-order valence-corrected chi connectivity index (χ1v) is 9.43. The molecule has 1 aromatic carbocycles. The zero-order valence-corrected chi connectivity index (χ0v) is 16.4. The second kappa shape index (κ2) is 7.47. The number of aromatic nitrogens is 6. The van der Waals surface area contributed by atoms with E-state index in [4.69, 9.17) is 11.6 Å². The number of rotatable bonds is 6. The predicted octanol–water partition coefficient (Wildman–Crippen LogP) is 3.13. The van der Waals surface area contributed by atoms with Gasteiger partial charge in [0.1, 0.15) is 0 Å². The van der Waals surface area contributed by atoms with Gasteiger partial charge in [-0.3, -0.25) is 4.79 Å². The van der Waals surface area contributed by atoms with Gasteiger partial charge in [-0.2, -0.15) is 9.50 Å². The van der Waals surface area contributed by atoms with Gasteiger partial charge in [-0.15, -0.1) is 5.10 Å². The average molecular weight is 398 g/mol. The summed E-state index contributed by atoms with van der Waals surface area (Å²) >= 11 is 6.35. The molecule has 0 unspecified atom stereocenters. The van der Waals surface area contributed by atoms with E-state index in [9.17, 15) is 4.79 Å². The summed E-state index contributed by atoms with van der Waals surface area (Å²) in [5.41, 5.74) is 3.45. The van der Waals surface area contributed by atoms with Gasteiger partial charge in [-0.1, -0.05) is 24.9 Å². The molecule has 0 saturated heterocycles. The molecule has 0 radical (unpaired) electrons. The van der Waals surface area contributed by atoms with Gasteiger partial charge >= 0.3 is 0 Å². The molecule has 2 N–H and O–H groups in total. The lowest BCUT2D eigenvalue weighted by Gasteiger charge is -2.08. The predicted molar refractivity (Wildman–Crippen MR) is 108 cm³/mol. The van der Waals surface area contributed by atoms with Crippen molar-refractivity contribution in [3.05, 3.63) is 69.1 Å². The van der Waals surface area contributed by atoms with Crippen molar-refractivity contribution in [1.82, 2.24) is 29.1 Å². The maximum absolute atomic E-state index is 12.2. The molecule has 8 nitrogen and oxygen atoms in total. The Hall–Kier alpha value is -3.13. The van der Waals surface area contributed by atoms with E-state index in [1.807, 2.05) is 35.9 Å². The molecule has 0 bridgehead atoms. The fourth-order valence-electron chi connectivity index (χ4n) is 3.01. The van der Waals surface area contributed by atoms with Gasteiger partial charge in [-0.05, 0) is 37.1 Å². The van der Waals surface area contributed by atoms with Crippen molar-refractivity contribution in [2.24, 2.45) is 0 Å². The zero-order valence-electron chi connectivity index (χ0n) is 15.6. The fourth-order valence-corrected chi connectivity index (χ4v) is 3.19. The fraction of sp³-hybridized carbons (Fsp3) is 0.263. The molecular weight excluding hydrogens is 378 g/mol. The highest BCUT2D eigenvalue weighted by molar-refractivity contribution is 6.31. The first-order valence-electron chi connectivity index (χ1n) is 9.05. The highest BCUT2D eigenvalue weighted by Crippen LogP contribution is 2.21. The van der Waals surface area contributed by atoms with Crippen LogP contribution in [0.4, 0.5) is 5.95 Å². The van der Waals surface area contributed by atoms with Gasteiger partial charge in [0.25, 0.3) is 5.56 Å². The van der Waals surface area contributed by atoms with Gasteiger partial charge in [0.05, 0.1) is 12.0 Å². The number of imidazole rings is 1. The lowest BCUT2D eigenvalue weighted by Crippen LogP contribution is -2.15. The number of hydrogen-bond donors (Lipinski definition) is 2. The summed E-state index contributed by atoms with van der Waals surface area (Å²) < 4.78 is 3.19. The number of fused-ring (bicyclic) bond motifs is 1. The van der Waals surface area contributed by atoms with Crippen LogP contribution in [0.2, 0.25) is 5.02 Å². The molecular formula is C19H20ClN7O. The quantitative estimate of drug-likeness (QED) is 0.521. The van der Waals surface area contributed by atoms with Crippen molar-refractivity contribution in [3.63, 3.8) is 0 Å². The standard InChI is InChI=1S/C19H20ClN7O/c1-3-4-14-8-17(28)27-19(23-14)24-18(25-27)21-9-13-7-15(5-6-16(13)20)26-10-12(2)22-11-26/h5-8,10-11H,3-4,9H2,1-2H3,(H2,21,23,24,25). The number of H-pyrrole nitrogens is 1. The molecule has 144 valence electrons. The van der Waals surface area contributed by atoms with E-state index in [-0.39, 0.29) is 5.56 Å². The van der Waals surface area contributed by atoms with Crippen molar-refractivity contribution in [1.29, 1.82) is 0 Å². The summed E-state index contributed by atoms with van der Waals surface area (Å²) in [6, 6.07) is 7.32. The van der Waals surface area contributed by atoms with Gasteiger partial charge in [-0.25, -0.2) is 4.98 Å². The summed E-state index contributed by atoms with van der Waals surface area (Å²) in [4.78, 5) is 24.0. The smallest absolute Gasteiger partial charge is 0.275 e. The Bertz CT molecular complexity index is 1190. The molecule has 4 aromatic rings. The van der Waals surface area contributed by atoms with Crippen molar-refractivity contribution >= 4 is 23.3 Å². The minimum Gasteiger partial charge on any atom is -0.349 e. The first kappa shape index (κ1) is 18.2. The number of benzene rings is 1. The van der Waals surface area contributed by atoms with Gasteiger partial charge in [0.2, 0.25) is 11.7 Å². The van der Waals surface area contributed by atoms with Crippen molar-refractivity contribution in [2.45, 2.75) is 33.2 Å². The number of hydrogen-bond acceptors (Lipinski definition) is 5. The third kappa shape index (κ3) is 3.63. The molecule has 0 aliphatic heterocycles. The maximum atomic E-state index is 12.2. The van der Waals surface area contributed by atoms with Gasteiger partial charge in [0.15, 0.2) is 0 Å². The molecule has 0 aliphatic carbocycles. The number of aryl methyl sites for hydroxylation is 2. The number of anilines is 1. The zero-order chi connectivity index (χ0) is 19.7. The third-order valence-corrected chi connectivity index (χ3v) is 4.75. The van der Waals surface area contributed by atoms with E-state index in [1.165, 1.54) is 4.52 Å². The van der Waals surface area contributed by atoms with Crippen molar-refractivity contribution in [2.75, 3.05) is 5.32 Å². The molecule has 0 spiro atoms. The van der Waals surface area contributed by atoms with Crippen LogP contribution in [0.5, 0.6) is 0 Å². The highest BCUT2D eigenvalue weighted by Gasteiger charge is 2.10. The van der Waals surface area contributed by atoms with Gasteiger partial charge in [0, 0.05) is 35.2 Å². The second-order valence-corrected chi connectivity index (χ2v) is 7.01. The Labute approximate surface area is 166 Å². The monoisotopic (exact) mass is 397 g/mol. The largest absolute Gasteiger partial charge is 0.349 e. The molecule has 0 amide bonds. The SMILES string of the molecule is CCCc1cc(=O)n2nc(NCc3cc(-n4cnc(C)c4)ccc3Cl)nc2[nH]1. The van der Waals surface area contributed by atoms with Crippen LogP contribution in [0.25, 0.3) is 11.5 Å². The van der Waals surface area contributed by atoms with E-state index < -0.39 is 0 Å². The Morgan fingerprint density at radius 2 is 2.14 bits per heavy atom. The summed E-state index contributed by atoms with van der Waals surface area (Å²) in [5.74, 6) is 0.786. The summed E-state index contributed by atoms with van der Waals surface area (Å²) in [7, 11) is 0. The third-order valence-electron chi connectivity index (χ3n) is 4.38. The summed E-state index contributed by atoms with van der Waals surface area (Å²) in [5, 5.41) is 8.01. The minimum absolute atomic E-state index is 0.201. The lowest BCUT2D eigenvalue weighted by molar-refractivity contribution is 0.837. The average Bonchev–Trinajstić information content (AvgIpc) is 3.28. The number of nitrogens with one attached hydrogen (secondary N) is 2. The van der Waals surface area contributed by atoms with Crippen LogP contribution < -0.4 is 10.9 Å². The van der Waals surface area contributed by atoms with E-state index >= 15 is 0 Å². The molecule has 28 heavy (non-hydrogen) atoms. The number of nitrogens with zero attached hydrogens (tertiary/aromatic N) is 5. The molecule has 0 atom stereocenters. The maximum Gasteiger partial charge on any atom is 0.275 e. The molecule has 9 heteroatoms. The Morgan fingerprint density at radius 3 is 2.89 bits per heavy atom. The van der Waals surface area contributed by atoms with Crippen molar-refractivity contribution < 1.29 is 0 Å². The molecule has 0 fully saturated rings. The van der Waals surface area contributed by atoms with E-state index in [0.717, 1.165) is 35.5 Å². The second-order valence-electron chi connectivity index (χ2n) is 6.61. The minimum atomic E-state index is -0.201. The van der Waals surface area contributed by atoms with Crippen LogP contribution in [0.15, 0.2) is 41.6 Å². The van der Waals surface area contributed by atoms with E-state index in [0.29, 0.717) is 23.3 Å². The Kier molecular flexibility index (Phi) is 4.87. The van der Waals surface area contributed by atoms with E-state index in [2.05, 4.69) is 32.3 Å². The molecule has 3 aromatic heterocycles. The number of halogens is 1. The van der Waals surface area contributed by atoms with E-state index in [1.54, 1.807) is 12.4 Å². The van der Waals surface area contributed by atoms with Crippen LogP contribution in [-0.2, 0) is 13.0 Å². The highest BCUT2D eigenvalue weighted by atomic mass is 35.5.